The van der Waals surface area contributed by atoms with Gasteiger partial charge in [0.15, 0.2) is 0 Å². The molecule has 0 amide bonds. The Hall–Kier alpha value is -4.79. The fourth-order valence-corrected chi connectivity index (χ4v) is 15.7. The molecule has 0 bridgehead atoms. The van der Waals surface area contributed by atoms with Crippen molar-refractivity contribution in [1.29, 1.82) is 0 Å². The molecule has 10 atom stereocenters. The third-order valence-corrected chi connectivity index (χ3v) is 21.1. The molecule has 101 heavy (non-hydrogen) atoms. The average molecular weight is 1400 g/mol. The van der Waals surface area contributed by atoms with E-state index in [2.05, 4.69) is 138 Å². The molecular weight excluding hydrogens is 1250 g/mol. The minimum absolute atomic E-state index is 0.273. The number of Topliss-reactive ketones (excluding diaryl/α,β-unsaturated/α-hetero) is 9. The van der Waals surface area contributed by atoms with Crippen molar-refractivity contribution in [2.75, 3.05) is 0 Å². The van der Waals surface area contributed by atoms with E-state index < -0.39 is 0 Å². The van der Waals surface area contributed by atoms with Gasteiger partial charge in [-0.1, -0.05) is 240 Å². The Balaban J connectivity index is 0.000000574. The number of aryl methyl sites for hydroxylation is 1. The topological polar surface area (TPSA) is 154 Å². The Labute approximate surface area is 619 Å². The van der Waals surface area contributed by atoms with Crippen LogP contribution in [0, 0.1) is 64.6 Å². The predicted molar refractivity (Wildman–Crippen MR) is 425 cm³/mol. The summed E-state index contributed by atoms with van der Waals surface area (Å²) < 4.78 is 0. The molecule has 7 aliphatic carbocycles. The summed E-state index contributed by atoms with van der Waals surface area (Å²) in [4.78, 5) is 98.8. The van der Waals surface area contributed by atoms with Crippen molar-refractivity contribution in [1.82, 2.24) is 0 Å². The highest BCUT2D eigenvalue weighted by molar-refractivity contribution is 5.82. The molecule has 0 aliphatic heterocycles. The van der Waals surface area contributed by atoms with Gasteiger partial charge in [-0.2, -0.15) is 0 Å². The van der Waals surface area contributed by atoms with Crippen molar-refractivity contribution < 1.29 is 43.2 Å². The van der Waals surface area contributed by atoms with Gasteiger partial charge in [0.05, 0.1) is 0 Å². The molecular formula is C92H152O9. The van der Waals surface area contributed by atoms with Crippen LogP contribution in [0.15, 0.2) is 73.3 Å². The van der Waals surface area contributed by atoms with E-state index in [0.717, 1.165) is 160 Å². The molecule has 574 valence electrons. The molecule has 0 radical (unpaired) electrons. The van der Waals surface area contributed by atoms with E-state index in [1.165, 1.54) is 133 Å². The number of hydrogen-bond acceptors (Lipinski definition) is 9. The first-order chi connectivity index (χ1) is 48.0. The maximum Gasteiger partial charge on any atom is 0.133 e. The minimum Gasteiger partial charge on any atom is -0.300 e. The Morgan fingerprint density at radius 2 is 0.911 bits per heavy atom. The highest BCUT2D eigenvalue weighted by atomic mass is 16.2. The van der Waals surface area contributed by atoms with Gasteiger partial charge in [0.25, 0.3) is 0 Å². The summed E-state index contributed by atoms with van der Waals surface area (Å²) in [6.45, 7) is 33.1. The van der Waals surface area contributed by atoms with Gasteiger partial charge in [-0.3, -0.25) is 33.6 Å². The van der Waals surface area contributed by atoms with E-state index in [0.29, 0.717) is 111 Å². The van der Waals surface area contributed by atoms with Gasteiger partial charge in [-0.05, 0) is 179 Å². The van der Waals surface area contributed by atoms with Gasteiger partial charge in [0, 0.05) is 103 Å². The van der Waals surface area contributed by atoms with E-state index in [-0.39, 0.29) is 5.41 Å². The number of allylic oxidation sites excluding steroid dienone is 1. The van der Waals surface area contributed by atoms with Crippen LogP contribution in [0.3, 0.4) is 0 Å². The lowest BCUT2D eigenvalue weighted by Crippen LogP contribution is -2.27. The van der Waals surface area contributed by atoms with E-state index >= 15 is 0 Å². The fraction of sp³-hybridized carbons (Fsp3) is 0.750. The van der Waals surface area contributed by atoms with Crippen molar-refractivity contribution in [3.8, 4) is 0 Å². The second-order valence-electron chi connectivity index (χ2n) is 34.1. The summed E-state index contributed by atoms with van der Waals surface area (Å²) in [5, 5.41) is 0. The van der Waals surface area contributed by atoms with Gasteiger partial charge in [-0.25, -0.2) is 0 Å². The molecule has 9 rings (SSSR count). The molecule has 0 N–H and O–H groups in total. The van der Waals surface area contributed by atoms with Crippen LogP contribution in [0.5, 0.6) is 0 Å². The number of carbonyl (C=O) groups excluding carboxylic acids is 9. The maximum absolute atomic E-state index is 11.7. The van der Waals surface area contributed by atoms with Gasteiger partial charge in [-0.15, -0.1) is 6.58 Å². The molecule has 9 heteroatoms. The first kappa shape index (κ1) is 94.2. The number of carbonyl (C=O) groups is 9. The van der Waals surface area contributed by atoms with Crippen molar-refractivity contribution >= 4 is 52.0 Å². The molecule has 0 aromatic heterocycles. The van der Waals surface area contributed by atoms with Gasteiger partial charge < -0.3 is 9.59 Å². The molecule has 0 spiro atoms. The standard InChI is InChI=1S/C16H30O.C13H16O.C12H14O.C11H22O.C9H16O.C9H14O.C8H14O.C7H12O.C7H14O/c1-15-12-10-8-6-4-2-3-5-7-9-11-13-16(17)14-15;14-13-9-8-12(10-13)7-6-11-4-2-1-3-5-11;13-12-8-4-7-11(9-12)10-5-2-1-3-6-10;1-9(2)6-5-7-10(3)8-11(4)12;1-7-4-8(10)6-9(2,3)5-7;1-2-4-8-5-3-6-9(10)7-8;1-6-3-7(2)5-8(9)4-6;1-6-3-2-4-7(8)5-6;1-4-6(2)5-7(3)8/h15H,2-14H2,1H3;1-5,12H,6-10H2;1-3,5-6,11H,4,7-9H2;9-10H,5-8H2,1-4H3;7H,4-6H2,1-3H3;2,8H,1,3-7H2;6-7H,3-5H2,1-2H3;6H,2-5H2,1H3;6H,4-5H2,1-3H3/t;;;;;;6-,7-;;/m......0../s1. The summed E-state index contributed by atoms with van der Waals surface area (Å²) in [6, 6.07) is 20.9. The second-order valence-corrected chi connectivity index (χ2v) is 34.1. The molecule has 9 nitrogen and oxygen atoms in total. The van der Waals surface area contributed by atoms with Crippen molar-refractivity contribution in [2.24, 2.45) is 64.6 Å². The Bertz CT molecular complexity index is 2560. The van der Waals surface area contributed by atoms with E-state index in [1.807, 2.05) is 18.2 Å². The zero-order valence-electron chi connectivity index (χ0n) is 67.5. The molecule has 0 heterocycles. The minimum atomic E-state index is 0.273. The van der Waals surface area contributed by atoms with E-state index in [9.17, 15) is 43.2 Å². The largest absolute Gasteiger partial charge is 0.300 e. The van der Waals surface area contributed by atoms with Crippen LogP contribution in [0.25, 0.3) is 0 Å². The van der Waals surface area contributed by atoms with Crippen LogP contribution < -0.4 is 0 Å². The predicted octanol–water partition coefficient (Wildman–Crippen LogP) is 25.1. The summed E-state index contributed by atoms with van der Waals surface area (Å²) in [6.07, 6.45) is 48.3. The van der Waals surface area contributed by atoms with Crippen LogP contribution in [0.4, 0.5) is 0 Å². The molecule has 7 saturated carbocycles. The average Bonchev–Trinajstić information content (AvgIpc) is 1.58. The monoisotopic (exact) mass is 1400 g/mol. The second kappa shape index (κ2) is 57.5. The van der Waals surface area contributed by atoms with Gasteiger partial charge in [0.2, 0.25) is 0 Å². The van der Waals surface area contributed by atoms with E-state index in [1.54, 1.807) is 13.8 Å². The summed E-state index contributed by atoms with van der Waals surface area (Å²) in [5.41, 5.74) is 3.00. The lowest BCUT2D eigenvalue weighted by molar-refractivity contribution is -0.125. The first-order valence-corrected chi connectivity index (χ1v) is 41.3. The van der Waals surface area contributed by atoms with Crippen molar-refractivity contribution in [2.45, 2.75) is 379 Å². The lowest BCUT2D eigenvalue weighted by Gasteiger charge is -2.32. The van der Waals surface area contributed by atoms with Crippen molar-refractivity contribution in [3.05, 3.63) is 84.4 Å². The number of ketones is 9. The normalized spacial score (nSPS) is 24.7. The highest BCUT2D eigenvalue weighted by Gasteiger charge is 2.30. The van der Waals surface area contributed by atoms with Crippen LogP contribution in [-0.2, 0) is 49.6 Å². The molecule has 7 aliphatic rings. The van der Waals surface area contributed by atoms with Gasteiger partial charge in [0.1, 0.15) is 52.0 Å². The third-order valence-electron chi connectivity index (χ3n) is 21.1. The van der Waals surface area contributed by atoms with Crippen LogP contribution in [0.1, 0.15) is 384 Å². The van der Waals surface area contributed by atoms with E-state index in [4.69, 9.17) is 0 Å². The molecule has 2 aromatic rings. The zero-order chi connectivity index (χ0) is 75.4. The van der Waals surface area contributed by atoms with Crippen LogP contribution in [-0.4, -0.2) is 52.0 Å². The summed E-state index contributed by atoms with van der Waals surface area (Å²) in [7, 11) is 0. The molecule has 8 unspecified atom stereocenters. The fourth-order valence-electron chi connectivity index (χ4n) is 15.7. The lowest BCUT2D eigenvalue weighted by atomic mass is 9.72. The van der Waals surface area contributed by atoms with Crippen LogP contribution >= 0.6 is 0 Å². The first-order valence-electron chi connectivity index (χ1n) is 41.3. The Morgan fingerprint density at radius 3 is 1.37 bits per heavy atom. The molecule has 0 saturated heterocycles. The third kappa shape index (κ3) is 54.5. The summed E-state index contributed by atoms with van der Waals surface area (Å²) in [5.74, 6) is 10.7. The SMILES string of the molecule is C=CCC1CCCC(=O)C1.CC(=O)CC(C)CCCC(C)C.CC1CC(=O)CC(C)(C)C1.CC1CCCC(=O)C1.CC1CCCCCCCCCCCCC(=O)C1.CCC(C)CC(C)=O.C[C@@H]1CC(=O)C[C@@H](C)C1.O=C1CCC(CCc2ccccc2)C1.O=C1CCCC(c2ccccc2)C1. The summed E-state index contributed by atoms with van der Waals surface area (Å²) >= 11 is 0. The maximum atomic E-state index is 11.7. The molecule has 7 fully saturated rings. The van der Waals surface area contributed by atoms with Crippen LogP contribution in [0.2, 0.25) is 0 Å². The molecule has 2 aromatic carbocycles. The Morgan fingerprint density at radius 1 is 0.465 bits per heavy atom. The highest BCUT2D eigenvalue weighted by Crippen LogP contribution is 2.37. The smallest absolute Gasteiger partial charge is 0.133 e. The van der Waals surface area contributed by atoms with Gasteiger partial charge >= 0.3 is 0 Å². The number of benzene rings is 2. The number of rotatable bonds is 15. The number of hydrogen-bond donors (Lipinski definition) is 0. The van der Waals surface area contributed by atoms with Crippen molar-refractivity contribution in [3.63, 3.8) is 0 Å². The zero-order valence-corrected chi connectivity index (χ0v) is 67.5. The Kier molecular flexibility index (Phi) is 53.7. The quantitative estimate of drug-likeness (QED) is 0.159.